The van der Waals surface area contributed by atoms with Gasteiger partial charge in [0, 0.05) is 12.1 Å². The lowest BCUT2D eigenvalue weighted by Gasteiger charge is -2.19. The van der Waals surface area contributed by atoms with Gasteiger partial charge in [-0.25, -0.2) is 4.79 Å². The van der Waals surface area contributed by atoms with E-state index in [1.54, 1.807) is 0 Å². The molecule has 0 radical (unpaired) electrons. The Morgan fingerprint density at radius 1 is 1.11 bits per heavy atom. The van der Waals surface area contributed by atoms with Gasteiger partial charge in [-0.05, 0) is 55.5 Å². The van der Waals surface area contributed by atoms with Gasteiger partial charge in [0.15, 0.2) is 6.61 Å². The number of nitro benzene ring substituents is 1. The quantitative estimate of drug-likeness (QED) is 0.199. The Kier molecular flexibility index (Phi) is 5.98. The zero-order valence-electron chi connectivity index (χ0n) is 20.0. The summed E-state index contributed by atoms with van der Waals surface area (Å²) >= 11 is 0. The summed E-state index contributed by atoms with van der Waals surface area (Å²) in [5, 5.41) is 13.5. The van der Waals surface area contributed by atoms with Crippen molar-refractivity contribution < 1.29 is 33.6 Å². The summed E-state index contributed by atoms with van der Waals surface area (Å²) in [6.07, 6.45) is 2.94. The second-order valence-electron chi connectivity index (χ2n) is 9.29. The third-order valence-corrected chi connectivity index (χ3v) is 7.25. The average molecular weight is 505 g/mol. The smallest absolute Gasteiger partial charge is 0.338 e. The number of hydrogen-bond acceptors (Lipinski definition) is 8. The first-order chi connectivity index (χ1) is 17.7. The Labute approximate surface area is 211 Å². The number of carbonyl (C=O) groups is 4. The highest BCUT2D eigenvalue weighted by Gasteiger charge is 2.60. The zero-order chi connectivity index (χ0) is 26.4. The van der Waals surface area contributed by atoms with Crippen molar-refractivity contribution in [3.63, 3.8) is 0 Å². The molecule has 3 amide bonds. The first-order valence-corrected chi connectivity index (χ1v) is 11.6. The van der Waals surface area contributed by atoms with E-state index >= 15 is 0 Å². The molecular formula is C26H23N3O8. The number of benzene rings is 2. The Balaban J connectivity index is 1.21. The van der Waals surface area contributed by atoms with Crippen LogP contribution in [0.15, 0.2) is 54.1 Å². The molecule has 1 saturated carbocycles. The fourth-order valence-electron chi connectivity index (χ4n) is 5.58. The fraction of sp³-hybridized carbons (Fsp3) is 0.308. The summed E-state index contributed by atoms with van der Waals surface area (Å²) < 4.78 is 10.0. The SMILES string of the molecule is COc1ccc([N+](=O)[O-])c(NC(=O)COC(=O)c2ccc(N3C(=O)[C@@H]4[C@H](C3=O)[C@H]3C=C(C)[C@H]4C3)cc2)c1. The third kappa shape index (κ3) is 4.11. The molecule has 11 heteroatoms. The van der Waals surface area contributed by atoms with Crippen LogP contribution in [0, 0.1) is 33.8 Å². The van der Waals surface area contributed by atoms with Gasteiger partial charge in [-0.3, -0.25) is 29.4 Å². The highest BCUT2D eigenvalue weighted by atomic mass is 16.6. The van der Waals surface area contributed by atoms with E-state index in [9.17, 15) is 29.3 Å². The third-order valence-electron chi connectivity index (χ3n) is 7.25. The van der Waals surface area contributed by atoms with E-state index in [4.69, 9.17) is 9.47 Å². The van der Waals surface area contributed by atoms with Crippen molar-refractivity contribution >= 4 is 40.8 Å². The van der Waals surface area contributed by atoms with Crippen LogP contribution in [0.25, 0.3) is 0 Å². The molecule has 1 saturated heterocycles. The summed E-state index contributed by atoms with van der Waals surface area (Å²) in [5.74, 6) is -2.18. The normalized spacial score (nSPS) is 23.5. The number of rotatable bonds is 7. The summed E-state index contributed by atoms with van der Waals surface area (Å²) in [6.45, 7) is 1.32. The number of nitro groups is 1. The maximum absolute atomic E-state index is 13.1. The minimum absolute atomic E-state index is 0.0928. The molecule has 2 bridgehead atoms. The fourth-order valence-corrected chi connectivity index (χ4v) is 5.58. The Morgan fingerprint density at radius 3 is 2.49 bits per heavy atom. The number of anilines is 2. The molecule has 1 N–H and O–H groups in total. The summed E-state index contributed by atoms with van der Waals surface area (Å²) in [5.41, 5.74) is 1.21. The van der Waals surface area contributed by atoms with Crippen LogP contribution in [0.2, 0.25) is 0 Å². The summed E-state index contributed by atoms with van der Waals surface area (Å²) in [4.78, 5) is 62.6. The van der Waals surface area contributed by atoms with E-state index in [2.05, 4.69) is 11.4 Å². The number of methoxy groups -OCH3 is 1. The molecule has 0 unspecified atom stereocenters. The Morgan fingerprint density at radius 2 is 1.81 bits per heavy atom. The van der Waals surface area contributed by atoms with Crippen LogP contribution in [0.4, 0.5) is 17.1 Å². The monoisotopic (exact) mass is 505 g/mol. The van der Waals surface area contributed by atoms with Gasteiger partial charge in [0.1, 0.15) is 11.4 Å². The van der Waals surface area contributed by atoms with Crippen molar-refractivity contribution in [2.45, 2.75) is 13.3 Å². The highest BCUT2D eigenvalue weighted by Crippen LogP contribution is 2.55. The molecule has 11 nitrogen and oxygen atoms in total. The second-order valence-corrected chi connectivity index (χ2v) is 9.29. The van der Waals surface area contributed by atoms with Gasteiger partial charge in [0.25, 0.3) is 11.6 Å². The van der Waals surface area contributed by atoms with Crippen molar-refractivity contribution in [3.05, 3.63) is 69.8 Å². The average Bonchev–Trinajstić information content (AvgIpc) is 3.52. The number of nitrogens with one attached hydrogen (secondary N) is 1. The van der Waals surface area contributed by atoms with Gasteiger partial charge in [0.2, 0.25) is 11.8 Å². The number of esters is 1. The number of allylic oxidation sites excluding steroid dienone is 2. The van der Waals surface area contributed by atoms with E-state index in [0.29, 0.717) is 11.4 Å². The van der Waals surface area contributed by atoms with E-state index in [0.717, 1.165) is 12.0 Å². The lowest BCUT2D eigenvalue weighted by Crippen LogP contribution is -2.33. The predicted octanol–water partition coefficient (Wildman–Crippen LogP) is 3.10. The van der Waals surface area contributed by atoms with Gasteiger partial charge in [-0.15, -0.1) is 0 Å². The Hall–Kier alpha value is -4.54. The second kappa shape index (κ2) is 9.16. The molecule has 2 aliphatic carbocycles. The first kappa shape index (κ1) is 24.2. The van der Waals surface area contributed by atoms with Crippen molar-refractivity contribution in [2.75, 3.05) is 23.9 Å². The van der Waals surface area contributed by atoms with Crippen molar-refractivity contribution in [3.8, 4) is 5.75 Å². The predicted molar refractivity (Wildman–Crippen MR) is 130 cm³/mol. The van der Waals surface area contributed by atoms with Gasteiger partial charge in [-0.1, -0.05) is 11.6 Å². The molecule has 4 atom stereocenters. The summed E-state index contributed by atoms with van der Waals surface area (Å²) in [6, 6.07) is 9.67. The number of amides is 3. The van der Waals surface area contributed by atoms with Gasteiger partial charge >= 0.3 is 5.97 Å². The number of hydrogen-bond donors (Lipinski definition) is 1. The topological polar surface area (TPSA) is 145 Å². The van der Waals surface area contributed by atoms with Gasteiger partial charge in [-0.2, -0.15) is 0 Å². The minimum atomic E-state index is -0.810. The van der Waals surface area contributed by atoms with E-state index in [1.165, 1.54) is 54.5 Å². The van der Waals surface area contributed by atoms with Crippen LogP contribution in [0.5, 0.6) is 5.75 Å². The molecule has 190 valence electrons. The maximum atomic E-state index is 13.1. The molecular weight excluding hydrogens is 482 g/mol. The lowest BCUT2D eigenvalue weighted by molar-refractivity contribution is -0.383. The van der Waals surface area contributed by atoms with E-state index < -0.39 is 23.4 Å². The van der Waals surface area contributed by atoms with Crippen LogP contribution < -0.4 is 15.0 Å². The van der Waals surface area contributed by atoms with Crippen LogP contribution >= 0.6 is 0 Å². The van der Waals surface area contributed by atoms with Crippen LogP contribution in [0.3, 0.4) is 0 Å². The molecule has 2 fully saturated rings. The summed E-state index contributed by atoms with van der Waals surface area (Å²) in [7, 11) is 1.38. The lowest BCUT2D eigenvalue weighted by atomic mass is 9.82. The van der Waals surface area contributed by atoms with Crippen molar-refractivity contribution in [1.82, 2.24) is 0 Å². The highest BCUT2D eigenvalue weighted by molar-refractivity contribution is 6.23. The molecule has 0 aromatic heterocycles. The maximum Gasteiger partial charge on any atom is 0.338 e. The standard InChI is InChI=1S/C26H23N3O8/c1-13-9-15-10-18(13)23-22(15)24(31)28(25(23)32)16-5-3-14(4-6-16)26(33)37-12-21(30)27-19-11-17(36-2)7-8-20(19)29(34)35/h3-9,11,15,18,22-23H,10,12H2,1-2H3,(H,27,30)/t15-,18+,22+,23-/m0/s1. The zero-order valence-corrected chi connectivity index (χ0v) is 20.0. The van der Waals surface area contributed by atoms with Gasteiger partial charge in [0.05, 0.1) is 35.1 Å². The first-order valence-electron chi connectivity index (χ1n) is 11.6. The minimum Gasteiger partial charge on any atom is -0.497 e. The number of fused-ring (bicyclic) bond motifs is 5. The number of nitrogens with zero attached hydrogens (tertiary/aromatic N) is 2. The molecule has 37 heavy (non-hydrogen) atoms. The van der Waals surface area contributed by atoms with Crippen molar-refractivity contribution in [2.24, 2.45) is 23.7 Å². The molecule has 1 heterocycles. The Bertz CT molecular complexity index is 1370. The number of carbonyl (C=O) groups excluding carboxylic acids is 4. The van der Waals surface area contributed by atoms with Crippen molar-refractivity contribution in [1.29, 1.82) is 0 Å². The van der Waals surface area contributed by atoms with E-state index in [-0.39, 0.29) is 52.4 Å². The van der Waals surface area contributed by atoms with Gasteiger partial charge < -0.3 is 14.8 Å². The van der Waals surface area contributed by atoms with Crippen LogP contribution in [-0.2, 0) is 19.1 Å². The van der Waals surface area contributed by atoms with Crippen LogP contribution in [0.1, 0.15) is 23.7 Å². The number of imide groups is 1. The molecule has 1 aliphatic heterocycles. The molecule has 2 aromatic rings. The molecule has 5 rings (SSSR count). The largest absolute Gasteiger partial charge is 0.497 e. The molecule has 0 spiro atoms. The molecule has 2 aromatic carbocycles. The van der Waals surface area contributed by atoms with E-state index in [1.807, 2.05) is 6.92 Å². The molecule has 3 aliphatic rings. The van der Waals surface area contributed by atoms with Crippen LogP contribution in [-0.4, -0.2) is 42.3 Å². The number of ether oxygens (including phenoxy) is 2.